The van der Waals surface area contributed by atoms with Gasteiger partial charge in [-0.05, 0) is 55.9 Å². The Labute approximate surface area is 121 Å². The topological polar surface area (TPSA) is 40.5 Å². The summed E-state index contributed by atoms with van der Waals surface area (Å²) in [4.78, 5) is 13.4. The SMILES string of the molecule is O=C(O)CC1CC2CCC(C1)N2c1ccc(Br)cc1. The molecule has 2 fully saturated rings. The molecule has 2 heterocycles. The first kappa shape index (κ1) is 13.0. The Morgan fingerprint density at radius 2 is 1.79 bits per heavy atom. The highest BCUT2D eigenvalue weighted by Gasteiger charge is 2.41. The van der Waals surface area contributed by atoms with Crippen molar-refractivity contribution in [3.63, 3.8) is 0 Å². The monoisotopic (exact) mass is 323 g/mol. The molecule has 1 aromatic rings. The lowest BCUT2D eigenvalue weighted by Crippen LogP contribution is -2.43. The molecule has 19 heavy (non-hydrogen) atoms. The van der Waals surface area contributed by atoms with Gasteiger partial charge in [-0.1, -0.05) is 15.9 Å². The Bertz CT molecular complexity index is 460. The van der Waals surface area contributed by atoms with Gasteiger partial charge < -0.3 is 10.0 Å². The molecule has 0 radical (unpaired) electrons. The van der Waals surface area contributed by atoms with E-state index in [1.165, 1.54) is 18.5 Å². The van der Waals surface area contributed by atoms with Crippen LogP contribution in [0, 0.1) is 5.92 Å². The molecule has 1 aromatic carbocycles. The second-order valence-electron chi connectivity index (χ2n) is 5.70. The highest BCUT2D eigenvalue weighted by molar-refractivity contribution is 9.10. The fourth-order valence-electron chi connectivity index (χ4n) is 3.74. The van der Waals surface area contributed by atoms with E-state index in [0.29, 0.717) is 24.4 Å². The molecule has 0 aromatic heterocycles. The zero-order valence-corrected chi connectivity index (χ0v) is 12.3. The Morgan fingerprint density at radius 1 is 1.21 bits per heavy atom. The van der Waals surface area contributed by atoms with Crippen LogP contribution in [0.15, 0.2) is 28.7 Å². The number of piperidine rings is 1. The molecule has 0 spiro atoms. The molecule has 2 unspecified atom stereocenters. The van der Waals surface area contributed by atoms with Gasteiger partial charge >= 0.3 is 5.97 Å². The largest absolute Gasteiger partial charge is 0.481 e. The van der Waals surface area contributed by atoms with Crippen molar-refractivity contribution in [2.75, 3.05) is 4.90 Å². The van der Waals surface area contributed by atoms with Crippen molar-refractivity contribution in [3.05, 3.63) is 28.7 Å². The summed E-state index contributed by atoms with van der Waals surface area (Å²) in [5.41, 5.74) is 1.28. The number of hydrogen-bond acceptors (Lipinski definition) is 2. The van der Waals surface area contributed by atoms with E-state index in [9.17, 15) is 4.79 Å². The van der Waals surface area contributed by atoms with E-state index >= 15 is 0 Å². The maximum absolute atomic E-state index is 10.9. The van der Waals surface area contributed by atoms with Crippen molar-refractivity contribution in [1.29, 1.82) is 0 Å². The predicted octanol–water partition coefficient (Wildman–Crippen LogP) is 3.67. The summed E-state index contributed by atoms with van der Waals surface area (Å²) < 4.78 is 1.10. The van der Waals surface area contributed by atoms with Crippen LogP contribution in [0.1, 0.15) is 32.1 Å². The van der Waals surface area contributed by atoms with Crippen molar-refractivity contribution in [2.24, 2.45) is 5.92 Å². The molecule has 2 bridgehead atoms. The third-order valence-electron chi connectivity index (χ3n) is 4.42. The minimum Gasteiger partial charge on any atom is -0.481 e. The molecule has 2 atom stereocenters. The summed E-state index contributed by atoms with van der Waals surface area (Å²) in [5, 5.41) is 8.95. The van der Waals surface area contributed by atoms with Gasteiger partial charge in [0.2, 0.25) is 0 Å². The van der Waals surface area contributed by atoms with Gasteiger partial charge in [-0.3, -0.25) is 4.79 Å². The number of fused-ring (bicyclic) bond motifs is 2. The smallest absolute Gasteiger partial charge is 0.303 e. The highest BCUT2D eigenvalue weighted by Crippen LogP contribution is 2.42. The van der Waals surface area contributed by atoms with Crippen molar-refractivity contribution in [2.45, 2.75) is 44.2 Å². The van der Waals surface area contributed by atoms with E-state index in [1.54, 1.807) is 0 Å². The van der Waals surface area contributed by atoms with Crippen LogP contribution in [0.25, 0.3) is 0 Å². The second-order valence-corrected chi connectivity index (χ2v) is 6.62. The van der Waals surface area contributed by atoms with Crippen LogP contribution in [0.5, 0.6) is 0 Å². The van der Waals surface area contributed by atoms with Crippen LogP contribution in [0.2, 0.25) is 0 Å². The first-order chi connectivity index (χ1) is 9.13. The van der Waals surface area contributed by atoms with Crippen molar-refractivity contribution in [1.82, 2.24) is 0 Å². The van der Waals surface area contributed by atoms with Crippen LogP contribution in [0.3, 0.4) is 0 Å². The molecule has 0 saturated carbocycles. The highest BCUT2D eigenvalue weighted by atomic mass is 79.9. The van der Waals surface area contributed by atoms with Gasteiger partial charge in [0, 0.05) is 28.7 Å². The number of carboxylic acid groups (broad SMARTS) is 1. The molecule has 2 aliphatic rings. The molecule has 2 aliphatic heterocycles. The molecule has 1 N–H and O–H groups in total. The van der Waals surface area contributed by atoms with Crippen LogP contribution < -0.4 is 4.90 Å². The fourth-order valence-corrected chi connectivity index (χ4v) is 4.00. The lowest BCUT2D eigenvalue weighted by molar-refractivity contribution is -0.138. The maximum Gasteiger partial charge on any atom is 0.303 e. The average molecular weight is 324 g/mol. The third kappa shape index (κ3) is 2.64. The van der Waals surface area contributed by atoms with Gasteiger partial charge in [-0.15, -0.1) is 0 Å². The summed E-state index contributed by atoms with van der Waals surface area (Å²) in [6, 6.07) is 9.55. The Kier molecular flexibility index (Phi) is 3.52. The van der Waals surface area contributed by atoms with E-state index in [-0.39, 0.29) is 0 Å². The summed E-state index contributed by atoms with van der Waals surface area (Å²) >= 11 is 3.47. The van der Waals surface area contributed by atoms with E-state index in [4.69, 9.17) is 5.11 Å². The number of carboxylic acids is 1. The number of carbonyl (C=O) groups is 1. The number of benzene rings is 1. The summed E-state index contributed by atoms with van der Waals surface area (Å²) in [6.07, 6.45) is 4.80. The average Bonchev–Trinajstić information content (AvgIpc) is 2.62. The molecule has 3 rings (SSSR count). The fraction of sp³-hybridized carbons (Fsp3) is 0.533. The number of aliphatic carboxylic acids is 1. The van der Waals surface area contributed by atoms with Gasteiger partial charge in [-0.25, -0.2) is 0 Å². The predicted molar refractivity (Wildman–Crippen MR) is 78.4 cm³/mol. The van der Waals surface area contributed by atoms with Crippen LogP contribution >= 0.6 is 15.9 Å². The summed E-state index contributed by atoms with van der Waals surface area (Å²) in [5.74, 6) is -0.289. The van der Waals surface area contributed by atoms with Gasteiger partial charge in [0.05, 0.1) is 0 Å². The van der Waals surface area contributed by atoms with Crippen molar-refractivity contribution >= 4 is 27.6 Å². The van der Waals surface area contributed by atoms with E-state index in [2.05, 4.69) is 45.1 Å². The Balaban J connectivity index is 1.76. The minimum absolute atomic E-state index is 0.335. The van der Waals surface area contributed by atoms with Gasteiger partial charge in [-0.2, -0.15) is 0 Å². The number of rotatable bonds is 3. The summed E-state index contributed by atoms with van der Waals surface area (Å²) in [7, 11) is 0. The van der Waals surface area contributed by atoms with Gasteiger partial charge in [0.1, 0.15) is 0 Å². The molecule has 2 saturated heterocycles. The van der Waals surface area contributed by atoms with Crippen LogP contribution in [-0.4, -0.2) is 23.2 Å². The number of hydrogen-bond donors (Lipinski definition) is 1. The number of nitrogens with zero attached hydrogens (tertiary/aromatic N) is 1. The first-order valence-corrected chi connectivity index (χ1v) is 7.68. The molecule has 102 valence electrons. The maximum atomic E-state index is 10.9. The van der Waals surface area contributed by atoms with E-state index < -0.39 is 5.97 Å². The Hall–Kier alpha value is -1.03. The second kappa shape index (κ2) is 5.16. The summed E-state index contributed by atoms with van der Waals surface area (Å²) in [6.45, 7) is 0. The standard InChI is InChI=1S/C15H18BrNO2/c16-11-1-3-12(4-2-11)17-13-5-6-14(17)8-10(7-13)9-15(18)19/h1-4,10,13-14H,5-9H2,(H,18,19). The quantitative estimate of drug-likeness (QED) is 0.922. The van der Waals surface area contributed by atoms with Gasteiger partial charge in [0.25, 0.3) is 0 Å². The lowest BCUT2D eigenvalue weighted by Gasteiger charge is -2.40. The molecular formula is C15H18BrNO2. The molecule has 0 aliphatic carbocycles. The van der Waals surface area contributed by atoms with Crippen LogP contribution in [-0.2, 0) is 4.79 Å². The van der Waals surface area contributed by atoms with Gasteiger partial charge in [0.15, 0.2) is 0 Å². The van der Waals surface area contributed by atoms with Crippen molar-refractivity contribution < 1.29 is 9.90 Å². The zero-order valence-electron chi connectivity index (χ0n) is 10.8. The molecular weight excluding hydrogens is 306 g/mol. The van der Waals surface area contributed by atoms with E-state index in [1.807, 2.05) is 0 Å². The van der Waals surface area contributed by atoms with Crippen molar-refractivity contribution in [3.8, 4) is 0 Å². The normalized spacial score (nSPS) is 29.5. The Morgan fingerprint density at radius 3 is 2.32 bits per heavy atom. The third-order valence-corrected chi connectivity index (χ3v) is 4.95. The number of halogens is 1. The number of anilines is 1. The molecule has 0 amide bonds. The van der Waals surface area contributed by atoms with E-state index in [0.717, 1.165) is 17.3 Å². The first-order valence-electron chi connectivity index (χ1n) is 6.89. The molecule has 3 nitrogen and oxygen atoms in total. The molecule has 4 heteroatoms. The van der Waals surface area contributed by atoms with Crippen LogP contribution in [0.4, 0.5) is 5.69 Å². The lowest BCUT2D eigenvalue weighted by atomic mass is 9.88. The zero-order chi connectivity index (χ0) is 13.4. The minimum atomic E-state index is -0.651.